The fourth-order valence-corrected chi connectivity index (χ4v) is 3.55. The zero-order valence-electron chi connectivity index (χ0n) is 16.4. The molecule has 5 heterocycles. The van der Waals surface area contributed by atoms with Gasteiger partial charge < -0.3 is 9.14 Å². The van der Waals surface area contributed by atoms with Crippen molar-refractivity contribution in [1.82, 2.24) is 34.7 Å². The average Bonchev–Trinajstić information content (AvgIpc) is 3.45. The largest absolute Gasteiger partial charge is 0.378 e. The van der Waals surface area contributed by atoms with Gasteiger partial charge in [-0.2, -0.15) is 15.5 Å². The highest BCUT2D eigenvalue weighted by molar-refractivity contribution is 5.64. The van der Waals surface area contributed by atoms with Crippen molar-refractivity contribution < 1.29 is 10.2 Å². The van der Waals surface area contributed by atoms with Crippen LogP contribution in [0.4, 0.5) is 11.6 Å². The normalized spacial score (nSPS) is 14.5. The number of nitrogens with one attached hydrogen (secondary N) is 1. The number of imidazole rings is 1. The molecule has 5 rings (SSSR count). The number of nitrogens with two attached hydrogens (primary N) is 1. The maximum Gasteiger partial charge on any atom is 0.290 e. The molecule has 0 aliphatic carbocycles. The summed E-state index contributed by atoms with van der Waals surface area (Å²) >= 11 is 0. The summed E-state index contributed by atoms with van der Waals surface area (Å²) < 4.78 is 9.10. The highest BCUT2D eigenvalue weighted by Crippen LogP contribution is 2.30. The van der Waals surface area contributed by atoms with Crippen LogP contribution in [0.3, 0.4) is 0 Å². The third-order valence-corrected chi connectivity index (χ3v) is 5.12. The van der Waals surface area contributed by atoms with Gasteiger partial charge in [0.25, 0.3) is 5.82 Å². The summed E-state index contributed by atoms with van der Waals surface area (Å²) in [4.78, 5) is 13.8. The van der Waals surface area contributed by atoms with Crippen LogP contribution in [-0.4, -0.2) is 36.2 Å². The first-order valence-electron chi connectivity index (χ1n) is 9.33. The Hall–Kier alpha value is -3.34. The zero-order chi connectivity index (χ0) is 20.0. The molecule has 29 heavy (non-hydrogen) atoms. The lowest BCUT2D eigenvalue weighted by molar-refractivity contribution is -0.629. The van der Waals surface area contributed by atoms with Crippen LogP contribution in [0, 0.1) is 0 Å². The van der Waals surface area contributed by atoms with Crippen LogP contribution in [0.1, 0.15) is 24.2 Å². The van der Waals surface area contributed by atoms with E-state index >= 15 is 0 Å². The molecule has 1 unspecified atom stereocenters. The van der Waals surface area contributed by atoms with Gasteiger partial charge in [-0.25, -0.2) is 15.0 Å². The number of nitrogens with zero attached hydrogens (tertiary/aromatic N) is 7. The van der Waals surface area contributed by atoms with E-state index in [-0.39, 0.29) is 6.04 Å². The topological polar surface area (TPSA) is 102 Å². The maximum atomic E-state index is 5.28. The second-order valence-electron chi connectivity index (χ2n) is 7.06. The molecule has 0 fully saturated rings. The van der Waals surface area contributed by atoms with Gasteiger partial charge >= 0.3 is 0 Å². The van der Waals surface area contributed by atoms with Crippen molar-refractivity contribution in [3.63, 3.8) is 0 Å². The van der Waals surface area contributed by atoms with E-state index in [4.69, 9.17) is 9.72 Å². The summed E-state index contributed by atoms with van der Waals surface area (Å²) in [6.45, 7) is 2.64. The predicted octanol–water partition coefficient (Wildman–Crippen LogP) is 0.867. The summed E-state index contributed by atoms with van der Waals surface area (Å²) in [6, 6.07) is 4.12. The van der Waals surface area contributed by atoms with E-state index in [9.17, 15) is 0 Å². The number of pyridine rings is 1. The minimum Gasteiger partial charge on any atom is -0.378 e. The summed E-state index contributed by atoms with van der Waals surface area (Å²) in [6.07, 6.45) is 9.44. The lowest BCUT2D eigenvalue weighted by Crippen LogP contribution is -2.88. The van der Waals surface area contributed by atoms with Crippen LogP contribution in [0.2, 0.25) is 0 Å². The van der Waals surface area contributed by atoms with Crippen LogP contribution >= 0.6 is 0 Å². The molecule has 4 aromatic rings. The Morgan fingerprint density at radius 3 is 2.86 bits per heavy atom. The smallest absolute Gasteiger partial charge is 0.290 e. The number of ether oxygens (including phenoxy) is 1. The monoisotopic (exact) mass is 392 g/mol. The van der Waals surface area contributed by atoms with Crippen molar-refractivity contribution >= 4 is 17.3 Å². The lowest BCUT2D eigenvalue weighted by atomic mass is 10.1. The molecule has 148 valence electrons. The minimum absolute atomic E-state index is 0.0214. The molecule has 3 N–H and O–H groups in total. The molecule has 0 saturated heterocycles. The molecule has 0 bridgehead atoms. The van der Waals surface area contributed by atoms with Gasteiger partial charge in [0.2, 0.25) is 5.82 Å². The molecular formula is C19H22N9O+. The van der Waals surface area contributed by atoms with Gasteiger partial charge in [0.1, 0.15) is 5.65 Å². The molecule has 1 aliphatic heterocycles. The standard InChI is InChI=1S/C19H21N9O/c1-12(13-4-5-17-20-7-15(11-29-3)27(17)10-13)28-19-18(24-25-28)21-8-16(23-19)14-6-22-26(2)9-14/h4-10,12,25H,11H2,1-3H3,(H,21,24)/p+1. The van der Waals surface area contributed by atoms with Crippen molar-refractivity contribution in [2.45, 2.75) is 19.6 Å². The molecule has 0 spiro atoms. The third kappa shape index (κ3) is 3.03. The van der Waals surface area contributed by atoms with Gasteiger partial charge in [-0.15, -0.1) is 0 Å². The molecule has 10 nitrogen and oxygen atoms in total. The second kappa shape index (κ2) is 6.92. The van der Waals surface area contributed by atoms with Crippen molar-refractivity contribution in [2.75, 3.05) is 12.1 Å². The molecule has 0 radical (unpaired) electrons. The van der Waals surface area contributed by atoms with Gasteiger partial charge in [-0.05, 0) is 18.6 Å². The predicted molar refractivity (Wildman–Crippen MR) is 106 cm³/mol. The van der Waals surface area contributed by atoms with Crippen LogP contribution in [0.25, 0.3) is 16.9 Å². The number of hydrazine groups is 1. The summed E-state index contributed by atoms with van der Waals surface area (Å²) in [5.41, 5.74) is 9.93. The Balaban J connectivity index is 1.49. The van der Waals surface area contributed by atoms with Crippen LogP contribution in [0.5, 0.6) is 0 Å². The van der Waals surface area contributed by atoms with E-state index in [0.717, 1.165) is 39.8 Å². The minimum atomic E-state index is 0.0214. The Bertz CT molecular complexity index is 1180. The van der Waals surface area contributed by atoms with Crippen molar-refractivity contribution in [1.29, 1.82) is 0 Å². The third-order valence-electron chi connectivity index (χ3n) is 5.12. The summed E-state index contributed by atoms with van der Waals surface area (Å²) in [7, 11) is 3.57. The highest BCUT2D eigenvalue weighted by Gasteiger charge is 2.31. The van der Waals surface area contributed by atoms with Crippen molar-refractivity contribution in [3.05, 3.63) is 54.4 Å². The number of rotatable bonds is 5. The molecule has 0 aromatic carbocycles. The average molecular weight is 392 g/mol. The van der Waals surface area contributed by atoms with Crippen LogP contribution < -0.4 is 16.0 Å². The lowest BCUT2D eigenvalue weighted by Gasteiger charge is -2.23. The van der Waals surface area contributed by atoms with E-state index in [0.29, 0.717) is 6.61 Å². The van der Waals surface area contributed by atoms with E-state index in [1.54, 1.807) is 24.2 Å². The Morgan fingerprint density at radius 1 is 1.17 bits per heavy atom. The first-order valence-corrected chi connectivity index (χ1v) is 9.33. The highest BCUT2D eigenvalue weighted by atomic mass is 16.5. The molecule has 10 heteroatoms. The number of anilines is 1. The van der Waals surface area contributed by atoms with E-state index in [2.05, 4.69) is 44.2 Å². The van der Waals surface area contributed by atoms with E-state index in [1.165, 1.54) is 0 Å². The number of hydrogen-bond acceptors (Lipinski definition) is 7. The number of aryl methyl sites for hydroxylation is 1. The number of quaternary nitrogens is 1. The first kappa shape index (κ1) is 17.7. The Kier molecular flexibility index (Phi) is 4.23. The quantitative estimate of drug-likeness (QED) is 0.486. The van der Waals surface area contributed by atoms with Crippen molar-refractivity contribution in [2.24, 2.45) is 7.05 Å². The first-order chi connectivity index (χ1) is 14.1. The molecule has 4 aromatic heterocycles. The van der Waals surface area contributed by atoms with Crippen molar-refractivity contribution in [3.8, 4) is 11.3 Å². The van der Waals surface area contributed by atoms with Crippen LogP contribution in [0.15, 0.2) is 43.1 Å². The molecule has 0 saturated carbocycles. The van der Waals surface area contributed by atoms with Gasteiger partial charge in [0.05, 0.1) is 42.6 Å². The molecule has 1 atom stereocenters. The Labute approximate surface area is 167 Å². The van der Waals surface area contributed by atoms with Gasteiger partial charge in [0, 0.05) is 32.1 Å². The number of hydrogen-bond donors (Lipinski definition) is 2. The fourth-order valence-electron chi connectivity index (χ4n) is 3.55. The van der Waals surface area contributed by atoms with Gasteiger partial charge in [-0.1, -0.05) is 11.6 Å². The zero-order valence-corrected chi connectivity index (χ0v) is 16.4. The number of fused-ring (bicyclic) bond motifs is 2. The van der Waals surface area contributed by atoms with Gasteiger partial charge in [0.15, 0.2) is 0 Å². The molecule has 1 aliphatic rings. The fraction of sp³-hybridized carbons (Fsp3) is 0.263. The molecular weight excluding hydrogens is 370 g/mol. The van der Waals surface area contributed by atoms with Gasteiger partial charge in [-0.3, -0.25) is 4.68 Å². The molecule has 0 amide bonds. The number of aromatic nitrogens is 6. The maximum absolute atomic E-state index is 5.28. The van der Waals surface area contributed by atoms with E-state index < -0.39 is 0 Å². The summed E-state index contributed by atoms with van der Waals surface area (Å²) in [5, 5.41) is 6.25. The Morgan fingerprint density at radius 2 is 2.07 bits per heavy atom. The number of methoxy groups -OCH3 is 1. The summed E-state index contributed by atoms with van der Waals surface area (Å²) in [5.74, 6) is 1.61. The second-order valence-corrected chi connectivity index (χ2v) is 7.06. The van der Waals surface area contributed by atoms with Crippen LogP contribution in [-0.2, 0) is 18.4 Å². The SMILES string of the molecule is COCc1cnc2ccc(C(C)N3N[NH2+]c4ncc(-c5cnn(C)c5)nc43)cn12. The van der Waals surface area contributed by atoms with E-state index in [1.807, 2.05) is 35.9 Å².